The van der Waals surface area contributed by atoms with Crippen molar-refractivity contribution in [3.63, 3.8) is 0 Å². The van der Waals surface area contributed by atoms with Crippen molar-refractivity contribution in [2.45, 2.75) is 0 Å². The van der Waals surface area contributed by atoms with Crippen LogP contribution in [0.5, 0.6) is 0 Å². The Hall–Kier alpha value is -3.28. The summed E-state index contributed by atoms with van der Waals surface area (Å²) in [4.78, 5) is 23.4. The van der Waals surface area contributed by atoms with Gasteiger partial charge in [0.05, 0.1) is 11.3 Å². The second-order valence-electron chi connectivity index (χ2n) is 5.13. The molecule has 0 aromatic heterocycles. The van der Waals surface area contributed by atoms with Gasteiger partial charge in [-0.3, -0.25) is 4.79 Å². The molecular formula is C18H11F2NO3. The molecule has 4 nitrogen and oxygen atoms in total. The number of fused-ring (bicyclic) bond motifs is 1. The van der Waals surface area contributed by atoms with Crippen LogP contribution in [0.1, 0.15) is 20.7 Å². The van der Waals surface area contributed by atoms with Crippen LogP contribution in [0.25, 0.3) is 10.8 Å². The second-order valence-corrected chi connectivity index (χ2v) is 5.13. The topological polar surface area (TPSA) is 66.4 Å². The molecule has 24 heavy (non-hydrogen) atoms. The number of amides is 1. The van der Waals surface area contributed by atoms with Crippen molar-refractivity contribution in [3.05, 3.63) is 77.4 Å². The van der Waals surface area contributed by atoms with E-state index in [9.17, 15) is 18.4 Å². The number of hydrogen-bond donors (Lipinski definition) is 2. The van der Waals surface area contributed by atoms with Gasteiger partial charge < -0.3 is 10.4 Å². The van der Waals surface area contributed by atoms with E-state index in [-0.39, 0.29) is 11.3 Å². The molecule has 0 radical (unpaired) electrons. The first-order chi connectivity index (χ1) is 11.5. The third kappa shape index (κ3) is 2.94. The number of carboxylic acids is 1. The molecule has 0 bridgehead atoms. The lowest BCUT2D eigenvalue weighted by Crippen LogP contribution is -2.15. The van der Waals surface area contributed by atoms with Crippen LogP contribution in [-0.2, 0) is 0 Å². The quantitative estimate of drug-likeness (QED) is 0.762. The molecule has 0 saturated carbocycles. The summed E-state index contributed by atoms with van der Waals surface area (Å²) in [5.41, 5.74) is -0.558. The van der Waals surface area contributed by atoms with Gasteiger partial charge in [0.25, 0.3) is 5.91 Å². The molecule has 0 atom stereocenters. The number of carboxylic acid groups (broad SMARTS) is 1. The Morgan fingerprint density at radius 3 is 2.25 bits per heavy atom. The van der Waals surface area contributed by atoms with Gasteiger partial charge in [0.15, 0.2) is 11.6 Å². The van der Waals surface area contributed by atoms with E-state index in [0.717, 1.165) is 10.8 Å². The van der Waals surface area contributed by atoms with Crippen LogP contribution < -0.4 is 5.32 Å². The Morgan fingerprint density at radius 2 is 1.54 bits per heavy atom. The lowest BCUT2D eigenvalue weighted by atomic mass is 10.1. The molecule has 0 fully saturated rings. The smallest absolute Gasteiger partial charge is 0.337 e. The second kappa shape index (κ2) is 6.08. The van der Waals surface area contributed by atoms with Crippen LogP contribution in [0.2, 0.25) is 0 Å². The highest BCUT2D eigenvalue weighted by Crippen LogP contribution is 2.22. The number of rotatable bonds is 3. The first kappa shape index (κ1) is 15.6. The van der Waals surface area contributed by atoms with E-state index in [0.29, 0.717) is 12.1 Å². The molecule has 3 rings (SSSR count). The average molecular weight is 327 g/mol. The highest BCUT2D eigenvalue weighted by atomic mass is 19.2. The SMILES string of the molecule is O=C(Nc1cc(F)c(F)cc1C(=O)O)c1ccc2ccccc2c1. The summed E-state index contributed by atoms with van der Waals surface area (Å²) < 4.78 is 26.6. The molecule has 0 unspecified atom stereocenters. The summed E-state index contributed by atoms with van der Waals surface area (Å²) in [6.07, 6.45) is 0. The first-order valence-electron chi connectivity index (χ1n) is 6.98. The molecule has 0 spiro atoms. The zero-order valence-electron chi connectivity index (χ0n) is 12.2. The Bertz CT molecular complexity index is 970. The van der Waals surface area contributed by atoms with Gasteiger partial charge in [0.2, 0.25) is 0 Å². The van der Waals surface area contributed by atoms with E-state index in [1.165, 1.54) is 0 Å². The minimum atomic E-state index is -1.47. The maximum Gasteiger partial charge on any atom is 0.337 e. The van der Waals surface area contributed by atoms with E-state index in [4.69, 9.17) is 5.11 Å². The summed E-state index contributed by atoms with van der Waals surface area (Å²) in [7, 11) is 0. The van der Waals surface area contributed by atoms with Gasteiger partial charge in [-0.25, -0.2) is 13.6 Å². The Balaban J connectivity index is 1.96. The van der Waals surface area contributed by atoms with Crippen molar-refractivity contribution in [1.29, 1.82) is 0 Å². The highest BCUT2D eigenvalue weighted by Gasteiger charge is 2.18. The maximum absolute atomic E-state index is 13.4. The fraction of sp³-hybridized carbons (Fsp3) is 0. The predicted molar refractivity (Wildman–Crippen MR) is 85.2 cm³/mol. The van der Waals surface area contributed by atoms with Crippen molar-refractivity contribution in [2.24, 2.45) is 0 Å². The van der Waals surface area contributed by atoms with Gasteiger partial charge in [-0.05, 0) is 29.0 Å². The molecule has 2 N–H and O–H groups in total. The summed E-state index contributed by atoms with van der Waals surface area (Å²) in [6, 6.07) is 13.5. The van der Waals surface area contributed by atoms with Crippen molar-refractivity contribution < 1.29 is 23.5 Å². The van der Waals surface area contributed by atoms with Crippen LogP contribution in [0, 0.1) is 11.6 Å². The summed E-state index contributed by atoms with van der Waals surface area (Å²) in [5.74, 6) is -4.62. The molecule has 3 aromatic carbocycles. The van der Waals surface area contributed by atoms with Gasteiger partial charge in [-0.1, -0.05) is 30.3 Å². The van der Waals surface area contributed by atoms with Crippen molar-refractivity contribution >= 4 is 28.3 Å². The number of carbonyl (C=O) groups excluding carboxylic acids is 1. The molecule has 6 heteroatoms. The zero-order valence-corrected chi connectivity index (χ0v) is 12.2. The Labute approximate surface area is 135 Å². The van der Waals surface area contributed by atoms with E-state index >= 15 is 0 Å². The largest absolute Gasteiger partial charge is 0.478 e. The lowest BCUT2D eigenvalue weighted by Gasteiger charge is -2.10. The maximum atomic E-state index is 13.4. The number of carbonyl (C=O) groups is 2. The van der Waals surface area contributed by atoms with Crippen molar-refractivity contribution in [2.75, 3.05) is 5.32 Å². The monoisotopic (exact) mass is 327 g/mol. The zero-order chi connectivity index (χ0) is 17.3. The number of benzene rings is 3. The molecule has 0 heterocycles. The van der Waals surface area contributed by atoms with E-state index in [1.54, 1.807) is 18.2 Å². The Kier molecular flexibility index (Phi) is 3.95. The van der Waals surface area contributed by atoms with Crippen LogP contribution in [0.3, 0.4) is 0 Å². The van der Waals surface area contributed by atoms with Crippen molar-refractivity contribution in [3.8, 4) is 0 Å². The standard InChI is InChI=1S/C18H11F2NO3/c19-14-8-13(18(23)24)16(9-15(14)20)21-17(22)12-6-5-10-3-1-2-4-11(10)7-12/h1-9H,(H,21,22)(H,23,24). The van der Waals surface area contributed by atoms with E-state index < -0.39 is 29.1 Å². The van der Waals surface area contributed by atoms with Gasteiger partial charge in [-0.2, -0.15) is 0 Å². The summed E-state index contributed by atoms with van der Waals surface area (Å²) in [6.45, 7) is 0. The molecule has 1 amide bonds. The highest BCUT2D eigenvalue weighted by molar-refractivity contribution is 6.09. The fourth-order valence-electron chi connectivity index (χ4n) is 2.35. The minimum absolute atomic E-state index is 0.273. The normalized spacial score (nSPS) is 10.6. The molecule has 120 valence electrons. The number of anilines is 1. The Morgan fingerprint density at radius 1 is 0.875 bits per heavy atom. The van der Waals surface area contributed by atoms with Crippen LogP contribution in [0.15, 0.2) is 54.6 Å². The molecule has 0 aliphatic rings. The fourth-order valence-corrected chi connectivity index (χ4v) is 2.35. The number of aromatic carboxylic acids is 1. The van der Waals surface area contributed by atoms with Gasteiger partial charge >= 0.3 is 5.97 Å². The first-order valence-corrected chi connectivity index (χ1v) is 6.98. The van der Waals surface area contributed by atoms with Crippen LogP contribution >= 0.6 is 0 Å². The molecule has 0 aliphatic heterocycles. The predicted octanol–water partition coefficient (Wildman–Crippen LogP) is 4.07. The molecule has 3 aromatic rings. The van der Waals surface area contributed by atoms with Crippen LogP contribution in [-0.4, -0.2) is 17.0 Å². The number of halogens is 2. The van der Waals surface area contributed by atoms with Gasteiger partial charge in [0.1, 0.15) is 0 Å². The number of nitrogens with one attached hydrogen (secondary N) is 1. The van der Waals surface area contributed by atoms with E-state index in [2.05, 4.69) is 5.32 Å². The van der Waals surface area contributed by atoms with Crippen LogP contribution in [0.4, 0.5) is 14.5 Å². The van der Waals surface area contributed by atoms with E-state index in [1.807, 2.05) is 24.3 Å². The number of hydrogen-bond acceptors (Lipinski definition) is 2. The van der Waals surface area contributed by atoms with Gasteiger partial charge in [0, 0.05) is 11.6 Å². The minimum Gasteiger partial charge on any atom is -0.478 e. The third-order valence-corrected chi connectivity index (χ3v) is 3.55. The molecule has 0 aliphatic carbocycles. The van der Waals surface area contributed by atoms with Gasteiger partial charge in [-0.15, -0.1) is 0 Å². The summed E-state index contributed by atoms with van der Waals surface area (Å²) in [5, 5.41) is 13.1. The third-order valence-electron chi connectivity index (χ3n) is 3.55. The van der Waals surface area contributed by atoms with Crippen molar-refractivity contribution in [1.82, 2.24) is 0 Å². The lowest BCUT2D eigenvalue weighted by molar-refractivity contribution is 0.0697. The average Bonchev–Trinajstić information content (AvgIpc) is 2.57. The molecule has 0 saturated heterocycles. The summed E-state index contributed by atoms with van der Waals surface area (Å²) >= 11 is 0. The molecular weight excluding hydrogens is 316 g/mol.